The van der Waals surface area contributed by atoms with Gasteiger partial charge >= 0.3 is 0 Å². The Bertz CT molecular complexity index is 714. The minimum absolute atomic E-state index is 0.00563. The minimum atomic E-state index is -0.00563. The van der Waals surface area contributed by atoms with Gasteiger partial charge in [0, 0.05) is 26.6 Å². The number of carbonyl (C=O) groups is 2. The molecule has 1 fully saturated rings. The SMILES string of the molecule is CNC(=O)CCc1ccc(CC2CCN(C(=O)c3ccco3)CC2)cc1. The number of furan rings is 1. The summed E-state index contributed by atoms with van der Waals surface area (Å²) in [6.07, 6.45) is 5.91. The molecule has 1 saturated heterocycles. The molecule has 0 aliphatic carbocycles. The maximum Gasteiger partial charge on any atom is 0.289 e. The quantitative estimate of drug-likeness (QED) is 0.867. The van der Waals surface area contributed by atoms with Gasteiger partial charge in [0.1, 0.15) is 0 Å². The van der Waals surface area contributed by atoms with Gasteiger partial charge in [0.15, 0.2) is 5.76 Å². The second-order valence-electron chi connectivity index (χ2n) is 6.91. The Hall–Kier alpha value is -2.56. The molecule has 138 valence electrons. The Morgan fingerprint density at radius 2 is 1.81 bits per heavy atom. The van der Waals surface area contributed by atoms with Gasteiger partial charge in [-0.1, -0.05) is 24.3 Å². The second kappa shape index (κ2) is 8.70. The van der Waals surface area contributed by atoms with E-state index < -0.39 is 0 Å². The van der Waals surface area contributed by atoms with E-state index in [0.29, 0.717) is 18.1 Å². The lowest BCUT2D eigenvalue weighted by Gasteiger charge is -2.31. The third kappa shape index (κ3) is 4.75. The summed E-state index contributed by atoms with van der Waals surface area (Å²) in [5, 5.41) is 2.65. The van der Waals surface area contributed by atoms with E-state index in [2.05, 4.69) is 29.6 Å². The van der Waals surface area contributed by atoms with Crippen LogP contribution in [0.4, 0.5) is 0 Å². The van der Waals surface area contributed by atoms with Gasteiger partial charge in [0.05, 0.1) is 6.26 Å². The average Bonchev–Trinajstić information content (AvgIpc) is 3.22. The predicted octanol–water partition coefficient (Wildman–Crippen LogP) is 3.05. The van der Waals surface area contributed by atoms with Gasteiger partial charge in [0.2, 0.25) is 5.91 Å². The zero-order valence-corrected chi connectivity index (χ0v) is 15.2. The molecule has 0 unspecified atom stereocenters. The summed E-state index contributed by atoms with van der Waals surface area (Å²) in [6, 6.07) is 12.0. The third-order valence-corrected chi connectivity index (χ3v) is 5.10. The van der Waals surface area contributed by atoms with Crippen molar-refractivity contribution in [2.75, 3.05) is 20.1 Å². The molecule has 1 aromatic heterocycles. The molecule has 5 heteroatoms. The summed E-state index contributed by atoms with van der Waals surface area (Å²) in [7, 11) is 1.67. The molecule has 2 aromatic rings. The zero-order valence-electron chi connectivity index (χ0n) is 15.2. The summed E-state index contributed by atoms with van der Waals surface area (Å²) in [5.74, 6) is 1.10. The normalized spacial score (nSPS) is 15.0. The van der Waals surface area contributed by atoms with Crippen LogP contribution in [0.5, 0.6) is 0 Å². The molecule has 1 aliphatic heterocycles. The molecule has 0 spiro atoms. The van der Waals surface area contributed by atoms with Crippen molar-refractivity contribution in [3.8, 4) is 0 Å². The van der Waals surface area contributed by atoms with Crippen LogP contribution in [-0.2, 0) is 17.6 Å². The lowest BCUT2D eigenvalue weighted by molar-refractivity contribution is -0.120. The number of hydrogen-bond donors (Lipinski definition) is 1. The zero-order chi connectivity index (χ0) is 18.4. The Balaban J connectivity index is 1.45. The van der Waals surface area contributed by atoms with Crippen molar-refractivity contribution in [3.63, 3.8) is 0 Å². The van der Waals surface area contributed by atoms with Gasteiger partial charge in [-0.05, 0) is 54.9 Å². The monoisotopic (exact) mass is 354 g/mol. The lowest BCUT2D eigenvalue weighted by atomic mass is 9.89. The number of likely N-dealkylation sites (tertiary alicyclic amines) is 1. The van der Waals surface area contributed by atoms with Crippen LogP contribution >= 0.6 is 0 Å². The Morgan fingerprint density at radius 3 is 2.42 bits per heavy atom. The lowest BCUT2D eigenvalue weighted by Crippen LogP contribution is -2.38. The largest absolute Gasteiger partial charge is 0.459 e. The summed E-state index contributed by atoms with van der Waals surface area (Å²) in [6.45, 7) is 1.57. The van der Waals surface area contributed by atoms with E-state index >= 15 is 0 Å². The van der Waals surface area contributed by atoms with Crippen molar-refractivity contribution in [2.24, 2.45) is 5.92 Å². The maximum atomic E-state index is 12.3. The van der Waals surface area contributed by atoms with Crippen LogP contribution in [-0.4, -0.2) is 36.9 Å². The van der Waals surface area contributed by atoms with Gasteiger partial charge in [-0.15, -0.1) is 0 Å². The predicted molar refractivity (Wildman–Crippen MR) is 99.9 cm³/mol. The molecule has 2 heterocycles. The van der Waals surface area contributed by atoms with Crippen LogP contribution < -0.4 is 5.32 Å². The fourth-order valence-electron chi connectivity index (χ4n) is 3.45. The highest BCUT2D eigenvalue weighted by atomic mass is 16.3. The van der Waals surface area contributed by atoms with Crippen molar-refractivity contribution in [1.82, 2.24) is 10.2 Å². The number of rotatable bonds is 6. The van der Waals surface area contributed by atoms with Gasteiger partial charge in [0.25, 0.3) is 5.91 Å². The first kappa shape index (κ1) is 18.2. The van der Waals surface area contributed by atoms with Crippen molar-refractivity contribution >= 4 is 11.8 Å². The summed E-state index contributed by atoms with van der Waals surface area (Å²) < 4.78 is 5.21. The first-order valence-corrected chi connectivity index (χ1v) is 9.27. The van der Waals surface area contributed by atoms with Crippen molar-refractivity contribution in [2.45, 2.75) is 32.1 Å². The smallest absolute Gasteiger partial charge is 0.289 e. The molecular formula is C21H26N2O3. The number of nitrogens with zero attached hydrogens (tertiary/aromatic N) is 1. The standard InChI is InChI=1S/C21H26N2O3/c1-22-20(24)9-8-16-4-6-17(7-5-16)15-18-10-12-23(13-11-18)21(25)19-3-2-14-26-19/h2-7,14,18H,8-13,15H2,1H3,(H,22,24). The Kier molecular flexibility index (Phi) is 6.10. The molecule has 0 atom stereocenters. The topological polar surface area (TPSA) is 62.6 Å². The highest BCUT2D eigenvalue weighted by molar-refractivity contribution is 5.91. The molecular weight excluding hydrogens is 328 g/mol. The summed E-state index contributed by atoms with van der Waals surface area (Å²) in [5.41, 5.74) is 2.51. The highest BCUT2D eigenvalue weighted by Gasteiger charge is 2.25. The molecule has 0 radical (unpaired) electrons. The van der Waals surface area contributed by atoms with E-state index in [4.69, 9.17) is 4.42 Å². The molecule has 1 N–H and O–H groups in total. The van der Waals surface area contributed by atoms with Crippen molar-refractivity contribution in [1.29, 1.82) is 0 Å². The Morgan fingerprint density at radius 1 is 1.12 bits per heavy atom. The van der Waals surface area contributed by atoms with Gasteiger partial charge < -0.3 is 14.6 Å². The van der Waals surface area contributed by atoms with Gasteiger partial charge in [-0.2, -0.15) is 0 Å². The van der Waals surface area contributed by atoms with E-state index in [1.807, 2.05) is 4.90 Å². The number of nitrogens with one attached hydrogen (secondary N) is 1. The summed E-state index contributed by atoms with van der Waals surface area (Å²) >= 11 is 0. The number of hydrogen-bond acceptors (Lipinski definition) is 3. The number of carbonyl (C=O) groups excluding carboxylic acids is 2. The van der Waals surface area contributed by atoms with Crippen molar-refractivity contribution in [3.05, 3.63) is 59.5 Å². The number of amides is 2. The average molecular weight is 354 g/mol. The van der Waals surface area contributed by atoms with Crippen LogP contribution in [0.2, 0.25) is 0 Å². The molecule has 1 aromatic carbocycles. The van der Waals surface area contributed by atoms with Crippen LogP contribution in [0.15, 0.2) is 47.1 Å². The van der Waals surface area contributed by atoms with E-state index in [1.54, 1.807) is 19.2 Å². The second-order valence-corrected chi connectivity index (χ2v) is 6.91. The molecule has 0 bridgehead atoms. The third-order valence-electron chi connectivity index (χ3n) is 5.10. The Labute approximate surface area is 154 Å². The summed E-state index contributed by atoms with van der Waals surface area (Å²) in [4.78, 5) is 25.5. The highest BCUT2D eigenvalue weighted by Crippen LogP contribution is 2.23. The fraction of sp³-hybridized carbons (Fsp3) is 0.429. The van der Waals surface area contributed by atoms with Crippen LogP contribution in [0.25, 0.3) is 0 Å². The number of piperidine rings is 1. The van der Waals surface area contributed by atoms with Crippen LogP contribution in [0.3, 0.4) is 0 Å². The van der Waals surface area contributed by atoms with Crippen LogP contribution in [0, 0.1) is 5.92 Å². The van der Waals surface area contributed by atoms with E-state index in [9.17, 15) is 9.59 Å². The minimum Gasteiger partial charge on any atom is -0.459 e. The molecule has 3 rings (SSSR count). The molecule has 1 aliphatic rings. The van der Waals surface area contributed by atoms with E-state index in [1.165, 1.54) is 17.4 Å². The molecule has 2 amide bonds. The molecule has 5 nitrogen and oxygen atoms in total. The van der Waals surface area contributed by atoms with E-state index in [0.717, 1.165) is 38.8 Å². The first-order chi connectivity index (χ1) is 12.7. The van der Waals surface area contributed by atoms with Gasteiger partial charge in [-0.25, -0.2) is 0 Å². The number of aryl methyl sites for hydroxylation is 1. The molecule has 0 saturated carbocycles. The van der Waals surface area contributed by atoms with Crippen molar-refractivity contribution < 1.29 is 14.0 Å². The fourth-order valence-corrected chi connectivity index (χ4v) is 3.45. The molecule has 26 heavy (non-hydrogen) atoms. The van der Waals surface area contributed by atoms with Crippen LogP contribution in [0.1, 0.15) is 40.9 Å². The van der Waals surface area contributed by atoms with E-state index in [-0.39, 0.29) is 11.8 Å². The maximum absolute atomic E-state index is 12.3. The first-order valence-electron chi connectivity index (χ1n) is 9.27. The van der Waals surface area contributed by atoms with Gasteiger partial charge in [-0.3, -0.25) is 9.59 Å². The number of benzene rings is 1.